The highest BCUT2D eigenvalue weighted by atomic mass is 35.5. The van der Waals surface area contributed by atoms with E-state index in [1.54, 1.807) is 6.92 Å². The first kappa shape index (κ1) is 16.3. The maximum Gasteiger partial charge on any atom is 0.230 e. The van der Waals surface area contributed by atoms with Crippen LogP contribution in [0.4, 0.5) is 0 Å². The van der Waals surface area contributed by atoms with Crippen LogP contribution in [0.3, 0.4) is 0 Å². The van der Waals surface area contributed by atoms with Gasteiger partial charge in [-0.1, -0.05) is 37.6 Å². The Morgan fingerprint density at radius 2 is 2.14 bits per heavy atom. The Bertz CT molecular complexity index is 521. The van der Waals surface area contributed by atoms with E-state index >= 15 is 0 Å². The molecule has 0 saturated heterocycles. The molecule has 1 aliphatic carbocycles. The lowest BCUT2D eigenvalue weighted by Crippen LogP contribution is -2.41. The Morgan fingerprint density at radius 3 is 2.67 bits per heavy atom. The van der Waals surface area contributed by atoms with Crippen molar-refractivity contribution < 1.29 is 9.90 Å². The van der Waals surface area contributed by atoms with Crippen molar-refractivity contribution in [1.29, 1.82) is 0 Å². The zero-order chi connectivity index (χ0) is 15.7. The third-order valence-corrected chi connectivity index (χ3v) is 4.37. The van der Waals surface area contributed by atoms with Crippen LogP contribution in [0.2, 0.25) is 5.02 Å². The van der Waals surface area contributed by atoms with Gasteiger partial charge in [0.15, 0.2) is 0 Å². The molecule has 2 N–H and O–H groups in total. The van der Waals surface area contributed by atoms with Gasteiger partial charge in [-0.25, -0.2) is 0 Å². The van der Waals surface area contributed by atoms with E-state index in [2.05, 4.69) is 19.2 Å². The SMILES string of the molecule is CC(O)CC(C)(C)CNC(=O)C1(c2cccc(Cl)c2)CC1. The van der Waals surface area contributed by atoms with Gasteiger partial charge in [-0.05, 0) is 49.3 Å². The standard InChI is InChI=1S/C17H24ClNO2/c1-12(20)10-16(2,3)11-19-15(21)17(7-8-17)13-5-4-6-14(18)9-13/h4-6,9,12,20H,7-8,10-11H2,1-3H3,(H,19,21). The summed E-state index contributed by atoms with van der Waals surface area (Å²) >= 11 is 6.03. The van der Waals surface area contributed by atoms with E-state index in [9.17, 15) is 9.90 Å². The first-order chi connectivity index (χ1) is 9.75. The number of carbonyl (C=O) groups is 1. The first-order valence-electron chi connectivity index (χ1n) is 7.48. The van der Waals surface area contributed by atoms with Crippen molar-refractivity contribution in [2.24, 2.45) is 5.41 Å². The van der Waals surface area contributed by atoms with Gasteiger partial charge in [0.25, 0.3) is 0 Å². The van der Waals surface area contributed by atoms with Crippen LogP contribution in [-0.4, -0.2) is 23.7 Å². The van der Waals surface area contributed by atoms with Crippen molar-refractivity contribution in [2.75, 3.05) is 6.54 Å². The van der Waals surface area contributed by atoms with Crippen molar-refractivity contribution in [3.63, 3.8) is 0 Å². The molecule has 2 rings (SSSR count). The molecule has 21 heavy (non-hydrogen) atoms. The smallest absolute Gasteiger partial charge is 0.230 e. The Morgan fingerprint density at radius 1 is 1.48 bits per heavy atom. The minimum atomic E-state index is -0.397. The summed E-state index contributed by atoms with van der Waals surface area (Å²) in [6.45, 7) is 6.45. The number of hydrogen-bond donors (Lipinski definition) is 2. The molecular weight excluding hydrogens is 286 g/mol. The normalized spacial score (nSPS) is 18.1. The largest absolute Gasteiger partial charge is 0.393 e. The summed E-state index contributed by atoms with van der Waals surface area (Å²) in [6.07, 6.45) is 2.04. The summed E-state index contributed by atoms with van der Waals surface area (Å²) in [5, 5.41) is 13.2. The van der Waals surface area contributed by atoms with E-state index in [0.29, 0.717) is 18.0 Å². The van der Waals surface area contributed by atoms with Crippen LogP contribution in [0.1, 0.15) is 45.6 Å². The van der Waals surface area contributed by atoms with Gasteiger partial charge in [0, 0.05) is 11.6 Å². The van der Waals surface area contributed by atoms with Crippen molar-refractivity contribution in [3.8, 4) is 0 Å². The van der Waals surface area contributed by atoms with Gasteiger partial charge in [-0.2, -0.15) is 0 Å². The fourth-order valence-electron chi connectivity index (χ4n) is 2.92. The Balaban J connectivity index is 2.01. The van der Waals surface area contributed by atoms with E-state index in [1.807, 2.05) is 24.3 Å². The molecule has 1 aromatic carbocycles. The third kappa shape index (κ3) is 3.98. The molecule has 0 bridgehead atoms. The second-order valence-corrected chi connectivity index (χ2v) is 7.43. The Hall–Kier alpha value is -1.06. The molecule has 0 spiro atoms. The molecule has 4 heteroatoms. The molecule has 1 saturated carbocycles. The Kier molecular flexibility index (Phi) is 4.64. The number of amides is 1. The highest BCUT2D eigenvalue weighted by Crippen LogP contribution is 2.49. The average molecular weight is 310 g/mol. The van der Waals surface area contributed by atoms with Crippen LogP contribution < -0.4 is 5.32 Å². The van der Waals surface area contributed by atoms with Crippen LogP contribution in [0.5, 0.6) is 0 Å². The number of hydrogen-bond acceptors (Lipinski definition) is 2. The fraction of sp³-hybridized carbons (Fsp3) is 0.588. The molecule has 1 fully saturated rings. The van der Waals surface area contributed by atoms with Gasteiger partial charge in [0.05, 0.1) is 11.5 Å². The molecule has 3 nitrogen and oxygen atoms in total. The number of aliphatic hydroxyl groups excluding tert-OH is 1. The van der Waals surface area contributed by atoms with Gasteiger partial charge in [-0.3, -0.25) is 4.79 Å². The second-order valence-electron chi connectivity index (χ2n) is 6.99. The minimum absolute atomic E-state index is 0.0726. The lowest BCUT2D eigenvalue weighted by atomic mass is 9.86. The second kappa shape index (κ2) is 5.98. The van der Waals surface area contributed by atoms with E-state index < -0.39 is 5.41 Å². The molecule has 1 aliphatic rings. The molecule has 1 atom stereocenters. The zero-order valence-electron chi connectivity index (χ0n) is 12.9. The predicted molar refractivity (Wildman–Crippen MR) is 85.5 cm³/mol. The van der Waals surface area contributed by atoms with Crippen LogP contribution in [-0.2, 0) is 10.2 Å². The predicted octanol–water partition coefficient (Wildman–Crippen LogP) is 3.28. The lowest BCUT2D eigenvalue weighted by molar-refractivity contribution is -0.124. The quantitative estimate of drug-likeness (QED) is 0.847. The van der Waals surface area contributed by atoms with E-state index in [1.165, 1.54) is 0 Å². The zero-order valence-corrected chi connectivity index (χ0v) is 13.7. The average Bonchev–Trinajstić information content (AvgIpc) is 3.16. The molecule has 116 valence electrons. The first-order valence-corrected chi connectivity index (χ1v) is 7.85. The van der Waals surface area contributed by atoms with Gasteiger partial charge >= 0.3 is 0 Å². The molecule has 0 radical (unpaired) electrons. The van der Waals surface area contributed by atoms with E-state index in [0.717, 1.165) is 18.4 Å². The topological polar surface area (TPSA) is 49.3 Å². The highest BCUT2D eigenvalue weighted by Gasteiger charge is 2.51. The monoisotopic (exact) mass is 309 g/mol. The number of rotatable bonds is 6. The van der Waals surface area contributed by atoms with Gasteiger partial charge in [-0.15, -0.1) is 0 Å². The number of carbonyl (C=O) groups excluding carboxylic acids is 1. The molecule has 1 aromatic rings. The van der Waals surface area contributed by atoms with E-state index in [-0.39, 0.29) is 17.4 Å². The maximum atomic E-state index is 12.6. The number of benzene rings is 1. The van der Waals surface area contributed by atoms with Gasteiger partial charge in [0.1, 0.15) is 0 Å². The highest BCUT2D eigenvalue weighted by molar-refractivity contribution is 6.30. The van der Waals surface area contributed by atoms with Crippen molar-refractivity contribution in [2.45, 2.75) is 51.6 Å². The number of halogens is 1. The number of nitrogens with one attached hydrogen (secondary N) is 1. The molecular formula is C17H24ClNO2. The minimum Gasteiger partial charge on any atom is -0.393 e. The number of aliphatic hydroxyl groups is 1. The van der Waals surface area contributed by atoms with Crippen LogP contribution in [0, 0.1) is 5.41 Å². The van der Waals surface area contributed by atoms with Gasteiger partial charge < -0.3 is 10.4 Å². The Labute approximate surface area is 131 Å². The van der Waals surface area contributed by atoms with Crippen LogP contribution in [0.25, 0.3) is 0 Å². The molecule has 0 heterocycles. The fourth-order valence-corrected chi connectivity index (χ4v) is 3.11. The summed E-state index contributed by atoms with van der Waals surface area (Å²) < 4.78 is 0. The van der Waals surface area contributed by atoms with Crippen molar-refractivity contribution >= 4 is 17.5 Å². The summed E-state index contributed by atoms with van der Waals surface area (Å²) in [5.41, 5.74) is 0.487. The molecule has 0 aliphatic heterocycles. The van der Waals surface area contributed by atoms with Crippen molar-refractivity contribution in [3.05, 3.63) is 34.9 Å². The third-order valence-electron chi connectivity index (χ3n) is 4.14. The lowest BCUT2D eigenvalue weighted by Gasteiger charge is -2.27. The summed E-state index contributed by atoms with van der Waals surface area (Å²) in [7, 11) is 0. The summed E-state index contributed by atoms with van der Waals surface area (Å²) in [5.74, 6) is 0.0726. The molecule has 1 unspecified atom stereocenters. The van der Waals surface area contributed by atoms with Gasteiger partial charge in [0.2, 0.25) is 5.91 Å². The molecule has 0 aromatic heterocycles. The maximum absolute atomic E-state index is 12.6. The van der Waals surface area contributed by atoms with E-state index in [4.69, 9.17) is 11.6 Å². The van der Waals surface area contributed by atoms with Crippen LogP contribution in [0.15, 0.2) is 24.3 Å². The summed E-state index contributed by atoms with van der Waals surface area (Å²) in [4.78, 5) is 12.6. The summed E-state index contributed by atoms with van der Waals surface area (Å²) in [6, 6.07) is 7.57. The molecule has 1 amide bonds. The van der Waals surface area contributed by atoms with Crippen molar-refractivity contribution in [1.82, 2.24) is 5.32 Å². The van der Waals surface area contributed by atoms with Crippen LogP contribution >= 0.6 is 11.6 Å².